The number of nitrogens with one attached hydrogen (secondary N) is 2. The Morgan fingerprint density at radius 2 is 1.88 bits per heavy atom. The Hall–Kier alpha value is -3.40. The third-order valence-corrected chi connectivity index (χ3v) is 6.55. The topological polar surface area (TPSA) is 123 Å². The van der Waals surface area contributed by atoms with Gasteiger partial charge in [-0.25, -0.2) is 4.72 Å². The summed E-state index contributed by atoms with van der Waals surface area (Å²) >= 11 is 0. The van der Waals surface area contributed by atoms with Crippen LogP contribution in [0.2, 0.25) is 0 Å². The van der Waals surface area contributed by atoms with E-state index in [1.165, 1.54) is 0 Å². The Kier molecular flexibility index (Phi) is 6.64. The summed E-state index contributed by atoms with van der Waals surface area (Å²) < 4.78 is 30.4. The van der Waals surface area contributed by atoms with E-state index in [1.807, 2.05) is 37.3 Å². The van der Waals surface area contributed by atoms with Crippen molar-refractivity contribution in [2.24, 2.45) is 9.39 Å². The summed E-state index contributed by atoms with van der Waals surface area (Å²) in [6.45, 7) is 3.26. The van der Waals surface area contributed by atoms with Gasteiger partial charge >= 0.3 is 10.2 Å². The number of carbonyl (C=O) groups is 1. The largest absolute Gasteiger partial charge is 0.505 e. The summed E-state index contributed by atoms with van der Waals surface area (Å²) in [5.41, 5.74) is 1.27. The molecule has 2 aliphatic heterocycles. The number of benzene rings is 2. The van der Waals surface area contributed by atoms with Gasteiger partial charge in [0.25, 0.3) is 5.91 Å². The van der Waals surface area contributed by atoms with Crippen molar-refractivity contribution in [2.45, 2.75) is 38.6 Å². The Labute approximate surface area is 193 Å². The van der Waals surface area contributed by atoms with E-state index in [-0.39, 0.29) is 40.6 Å². The second-order valence-corrected chi connectivity index (χ2v) is 9.35. The van der Waals surface area contributed by atoms with Gasteiger partial charge in [-0.3, -0.25) is 9.79 Å². The summed E-state index contributed by atoms with van der Waals surface area (Å²) in [4.78, 5) is 19.2. The van der Waals surface area contributed by atoms with E-state index in [4.69, 9.17) is 0 Å². The van der Waals surface area contributed by atoms with Crippen molar-refractivity contribution in [1.82, 2.24) is 9.62 Å². The molecule has 0 unspecified atom stereocenters. The van der Waals surface area contributed by atoms with E-state index >= 15 is 0 Å². The standard InChI is InChI=1S/C23H27N5O4S/c1-2-18(16-10-5-3-6-11-16)24-21-22(27-33(31,32)26-21)25-19-13-9-12-17(20(19)29)23(30)28-14-7-4-8-15-28/h3,5-6,9-13,18,29H,2,4,7-8,14-15H2,1H3,(H,24,26)(H,25,27)/t18-/m1/s1. The van der Waals surface area contributed by atoms with Crippen LogP contribution in [-0.2, 0) is 10.2 Å². The molecule has 1 amide bonds. The van der Waals surface area contributed by atoms with Gasteiger partial charge in [0, 0.05) is 13.1 Å². The molecule has 2 aromatic carbocycles. The molecule has 0 saturated carbocycles. The van der Waals surface area contributed by atoms with E-state index in [1.54, 1.807) is 23.1 Å². The second-order valence-electron chi connectivity index (χ2n) is 8.01. The molecule has 174 valence electrons. The minimum Gasteiger partial charge on any atom is -0.505 e. The maximum absolute atomic E-state index is 12.9. The molecule has 1 atom stereocenters. The van der Waals surface area contributed by atoms with Crippen molar-refractivity contribution < 1.29 is 18.3 Å². The number of amidine groups is 2. The maximum atomic E-state index is 12.9. The molecular formula is C23H27N5O4S. The van der Waals surface area contributed by atoms with E-state index < -0.39 is 10.2 Å². The number of phenols is 1. The second kappa shape index (κ2) is 9.62. The predicted octanol–water partition coefficient (Wildman–Crippen LogP) is 3.23. The number of carbonyl (C=O) groups excluding carboxylic acids is 1. The molecule has 0 radical (unpaired) electrons. The molecule has 9 nitrogen and oxygen atoms in total. The molecule has 0 bridgehead atoms. The Balaban J connectivity index is 1.62. The van der Waals surface area contributed by atoms with Crippen molar-refractivity contribution in [3.8, 4) is 5.75 Å². The lowest BCUT2D eigenvalue weighted by Crippen LogP contribution is -2.35. The number of rotatable bonds is 5. The Morgan fingerprint density at radius 3 is 2.58 bits per heavy atom. The minimum absolute atomic E-state index is 0.0396. The zero-order valence-electron chi connectivity index (χ0n) is 18.4. The zero-order valence-corrected chi connectivity index (χ0v) is 19.2. The number of aromatic hydroxyl groups is 1. The van der Waals surface area contributed by atoms with Gasteiger partial charge in [0.15, 0.2) is 17.4 Å². The minimum atomic E-state index is -3.97. The third-order valence-electron chi connectivity index (χ3n) is 5.68. The highest BCUT2D eigenvalue weighted by Gasteiger charge is 2.29. The molecule has 0 aliphatic carbocycles. The van der Waals surface area contributed by atoms with Crippen LogP contribution in [0.5, 0.6) is 5.75 Å². The van der Waals surface area contributed by atoms with Crippen LogP contribution < -0.4 is 10.0 Å². The molecule has 0 aromatic heterocycles. The van der Waals surface area contributed by atoms with Crippen molar-refractivity contribution in [3.63, 3.8) is 0 Å². The van der Waals surface area contributed by atoms with Gasteiger partial charge in [-0.15, -0.1) is 4.40 Å². The average Bonchev–Trinajstić information content (AvgIpc) is 3.12. The monoisotopic (exact) mass is 469 g/mol. The van der Waals surface area contributed by atoms with Crippen LogP contribution in [0.15, 0.2) is 57.9 Å². The fraction of sp³-hybridized carbons (Fsp3) is 0.348. The predicted molar refractivity (Wildman–Crippen MR) is 128 cm³/mol. The van der Waals surface area contributed by atoms with Gasteiger partial charge in [0.05, 0.1) is 17.3 Å². The van der Waals surface area contributed by atoms with Gasteiger partial charge in [0.1, 0.15) is 0 Å². The van der Waals surface area contributed by atoms with Crippen LogP contribution >= 0.6 is 0 Å². The molecule has 2 aliphatic rings. The first-order chi connectivity index (χ1) is 15.9. The molecular weight excluding hydrogens is 442 g/mol. The van der Waals surface area contributed by atoms with Crippen LogP contribution in [-0.4, -0.2) is 49.1 Å². The van der Waals surface area contributed by atoms with Gasteiger partial charge < -0.3 is 15.3 Å². The van der Waals surface area contributed by atoms with Crippen molar-refractivity contribution >= 4 is 33.5 Å². The Bertz CT molecular complexity index is 1190. The fourth-order valence-electron chi connectivity index (χ4n) is 3.97. The first-order valence-corrected chi connectivity index (χ1v) is 12.5. The van der Waals surface area contributed by atoms with Gasteiger partial charge in [-0.05, 0) is 43.4 Å². The molecule has 3 N–H and O–H groups in total. The van der Waals surface area contributed by atoms with E-state index in [9.17, 15) is 18.3 Å². The molecule has 2 aromatic rings. The lowest BCUT2D eigenvalue weighted by Gasteiger charge is -2.27. The molecule has 4 rings (SSSR count). The highest BCUT2D eigenvalue weighted by Crippen LogP contribution is 2.30. The quantitative estimate of drug-likeness (QED) is 0.580. The number of phenolic OH excluding ortho intramolecular Hbond substituents is 1. The van der Waals surface area contributed by atoms with Crippen molar-refractivity contribution in [2.75, 3.05) is 18.4 Å². The number of anilines is 1. The van der Waals surface area contributed by atoms with Gasteiger partial charge in [-0.2, -0.15) is 8.42 Å². The Morgan fingerprint density at radius 1 is 1.15 bits per heavy atom. The van der Waals surface area contributed by atoms with Crippen LogP contribution in [0.25, 0.3) is 0 Å². The van der Waals surface area contributed by atoms with Crippen LogP contribution in [0.4, 0.5) is 5.69 Å². The van der Waals surface area contributed by atoms with Gasteiger partial charge in [0.2, 0.25) is 0 Å². The average molecular weight is 470 g/mol. The summed E-state index contributed by atoms with van der Waals surface area (Å²) in [5, 5.41) is 13.6. The molecule has 0 spiro atoms. The smallest absolute Gasteiger partial charge is 0.345 e. The number of para-hydroxylation sites is 1. The first kappa shape index (κ1) is 22.8. The number of hydrogen-bond donors (Lipinski definition) is 3. The molecule has 2 heterocycles. The zero-order chi connectivity index (χ0) is 23.4. The number of nitrogens with zero attached hydrogens (tertiary/aromatic N) is 3. The lowest BCUT2D eigenvalue weighted by molar-refractivity contribution is 0.0721. The molecule has 10 heteroatoms. The normalized spacial score (nSPS) is 19.6. The number of aliphatic imine (C=N–C) groups is 1. The molecule has 33 heavy (non-hydrogen) atoms. The summed E-state index contributed by atoms with van der Waals surface area (Å²) in [6, 6.07) is 14.0. The first-order valence-electron chi connectivity index (χ1n) is 11.0. The number of likely N-dealkylation sites (tertiary alicyclic amines) is 1. The summed E-state index contributed by atoms with van der Waals surface area (Å²) in [6.07, 6.45) is 3.60. The molecule has 1 fully saturated rings. The van der Waals surface area contributed by atoms with Gasteiger partial charge in [-0.1, -0.05) is 43.3 Å². The SMILES string of the molecule is CC[C@@H](N=C1NS(=O)(=O)N=C1Nc1cccc(C(=O)N2CCCCC2)c1O)c1ccccc1. The van der Waals surface area contributed by atoms with Crippen LogP contribution in [0.1, 0.15) is 54.6 Å². The van der Waals surface area contributed by atoms with Crippen molar-refractivity contribution in [1.29, 1.82) is 0 Å². The van der Waals surface area contributed by atoms with E-state index in [0.29, 0.717) is 19.5 Å². The van der Waals surface area contributed by atoms with Crippen LogP contribution in [0.3, 0.4) is 0 Å². The highest BCUT2D eigenvalue weighted by molar-refractivity contribution is 7.89. The van der Waals surface area contributed by atoms with E-state index in [2.05, 4.69) is 19.4 Å². The highest BCUT2D eigenvalue weighted by atomic mass is 32.2. The third kappa shape index (κ3) is 5.16. The number of amides is 1. The number of hydrogen-bond acceptors (Lipinski definition) is 6. The summed E-state index contributed by atoms with van der Waals surface area (Å²) in [7, 11) is -3.97. The summed E-state index contributed by atoms with van der Waals surface area (Å²) in [5.74, 6) is -0.492. The maximum Gasteiger partial charge on any atom is 0.345 e. The van der Waals surface area contributed by atoms with Crippen LogP contribution in [0, 0.1) is 0 Å². The van der Waals surface area contributed by atoms with Crippen molar-refractivity contribution in [3.05, 3.63) is 59.7 Å². The fourth-order valence-corrected chi connectivity index (χ4v) is 4.78. The number of piperidine rings is 1. The van der Waals surface area contributed by atoms with E-state index in [0.717, 1.165) is 24.8 Å². The molecule has 1 saturated heterocycles. The lowest BCUT2D eigenvalue weighted by atomic mass is 10.1.